The van der Waals surface area contributed by atoms with E-state index in [1.54, 1.807) is 63.2 Å². The molecule has 0 bridgehead atoms. The third-order valence-electron chi connectivity index (χ3n) is 3.92. The van der Waals surface area contributed by atoms with Crippen LogP contribution in [-0.4, -0.2) is 42.0 Å². The summed E-state index contributed by atoms with van der Waals surface area (Å²) in [6.07, 6.45) is -0.712. The summed E-state index contributed by atoms with van der Waals surface area (Å²) in [7, 11) is 0. The number of alkyl carbamates (subject to hydrolysis) is 1. The molecule has 8 heteroatoms. The van der Waals surface area contributed by atoms with Crippen LogP contribution >= 0.6 is 0 Å². The Morgan fingerprint density at radius 2 is 1.58 bits per heavy atom. The molecule has 2 rings (SSSR count). The second-order valence-corrected chi connectivity index (χ2v) is 7.80. The van der Waals surface area contributed by atoms with Crippen molar-refractivity contribution in [2.45, 2.75) is 39.3 Å². The monoisotopic (exact) mass is 426 g/mol. The fourth-order valence-electron chi connectivity index (χ4n) is 2.45. The summed E-state index contributed by atoms with van der Waals surface area (Å²) in [5.41, 5.74) is 0.275. The lowest BCUT2D eigenvalue weighted by molar-refractivity contribution is -0.117. The standard InChI is InChI=1S/C23H26N2O6/c1-15(24-22(29)31-23(2,3)4)20(27)25-18-12-8-11-17(13-18)21(28)30-14-19(26)16-9-6-5-7-10-16/h5-13,15H,14H2,1-4H3,(H,24,29)(H,25,27)/t15-/m0/s1. The highest BCUT2D eigenvalue weighted by atomic mass is 16.6. The maximum absolute atomic E-state index is 12.3. The number of carbonyl (C=O) groups is 4. The highest BCUT2D eigenvalue weighted by Crippen LogP contribution is 2.13. The molecule has 1 atom stereocenters. The van der Waals surface area contributed by atoms with Gasteiger partial charge in [-0.2, -0.15) is 0 Å². The number of benzene rings is 2. The maximum Gasteiger partial charge on any atom is 0.408 e. The Labute approximate surface area is 180 Å². The van der Waals surface area contributed by atoms with Crippen LogP contribution in [0.5, 0.6) is 0 Å². The zero-order valence-corrected chi connectivity index (χ0v) is 17.9. The highest BCUT2D eigenvalue weighted by Gasteiger charge is 2.21. The summed E-state index contributed by atoms with van der Waals surface area (Å²) in [5.74, 6) is -1.50. The first-order valence-electron chi connectivity index (χ1n) is 9.71. The molecule has 0 aromatic heterocycles. The third kappa shape index (κ3) is 7.93. The number of hydrogen-bond acceptors (Lipinski definition) is 6. The molecule has 2 aromatic rings. The minimum Gasteiger partial charge on any atom is -0.454 e. The topological polar surface area (TPSA) is 111 Å². The molecule has 2 N–H and O–H groups in total. The van der Waals surface area contributed by atoms with Gasteiger partial charge in [0.1, 0.15) is 11.6 Å². The van der Waals surface area contributed by atoms with Gasteiger partial charge >= 0.3 is 12.1 Å². The molecule has 0 unspecified atom stereocenters. The van der Waals surface area contributed by atoms with Crippen LogP contribution in [0, 0.1) is 0 Å². The molecule has 0 aliphatic heterocycles. The number of rotatable bonds is 7. The van der Waals surface area contributed by atoms with Crippen molar-refractivity contribution in [3.8, 4) is 0 Å². The molecule has 0 aliphatic rings. The van der Waals surface area contributed by atoms with Crippen molar-refractivity contribution in [3.05, 3.63) is 65.7 Å². The van der Waals surface area contributed by atoms with Crippen molar-refractivity contribution < 1.29 is 28.7 Å². The maximum atomic E-state index is 12.3. The summed E-state index contributed by atoms with van der Waals surface area (Å²) in [4.78, 5) is 48.5. The molecule has 0 saturated carbocycles. The predicted octanol–water partition coefficient (Wildman–Crippen LogP) is 3.58. The van der Waals surface area contributed by atoms with Crippen LogP contribution in [-0.2, 0) is 14.3 Å². The average molecular weight is 426 g/mol. The van der Waals surface area contributed by atoms with Gasteiger partial charge < -0.3 is 20.1 Å². The van der Waals surface area contributed by atoms with E-state index in [1.807, 2.05) is 0 Å². The Balaban J connectivity index is 1.91. The number of ether oxygens (including phenoxy) is 2. The van der Waals surface area contributed by atoms with Crippen LogP contribution in [0.25, 0.3) is 0 Å². The first kappa shape index (κ1) is 23.6. The number of anilines is 1. The molecular formula is C23H26N2O6. The van der Waals surface area contributed by atoms with Gasteiger partial charge in [0.2, 0.25) is 5.91 Å². The van der Waals surface area contributed by atoms with Crippen LogP contribution in [0.1, 0.15) is 48.4 Å². The molecule has 2 aromatic carbocycles. The van der Waals surface area contributed by atoms with Crippen molar-refractivity contribution in [1.82, 2.24) is 5.32 Å². The number of ketones is 1. The van der Waals surface area contributed by atoms with E-state index in [-0.39, 0.29) is 11.3 Å². The van der Waals surface area contributed by atoms with E-state index in [4.69, 9.17) is 9.47 Å². The summed E-state index contributed by atoms with van der Waals surface area (Å²) in [6.45, 7) is 6.27. The lowest BCUT2D eigenvalue weighted by Crippen LogP contribution is -2.43. The van der Waals surface area contributed by atoms with Gasteiger partial charge in [-0.1, -0.05) is 36.4 Å². The first-order chi connectivity index (χ1) is 14.5. The molecule has 0 spiro atoms. The molecule has 0 aliphatic carbocycles. The van der Waals surface area contributed by atoms with Crippen LogP contribution in [0.4, 0.5) is 10.5 Å². The van der Waals surface area contributed by atoms with Gasteiger partial charge in [0.15, 0.2) is 12.4 Å². The number of Topliss-reactive ketones (excluding diaryl/α,β-unsaturated/α-hetero) is 1. The zero-order valence-electron chi connectivity index (χ0n) is 17.9. The quantitative estimate of drug-likeness (QED) is 0.517. The van der Waals surface area contributed by atoms with Gasteiger partial charge in [-0.15, -0.1) is 0 Å². The Bertz CT molecular complexity index is 950. The van der Waals surface area contributed by atoms with Gasteiger partial charge in [0, 0.05) is 11.3 Å². The first-order valence-corrected chi connectivity index (χ1v) is 9.71. The third-order valence-corrected chi connectivity index (χ3v) is 3.92. The molecule has 2 amide bonds. The van der Waals surface area contributed by atoms with Gasteiger partial charge in [0.25, 0.3) is 0 Å². The Morgan fingerprint density at radius 3 is 2.23 bits per heavy atom. The van der Waals surface area contributed by atoms with E-state index in [2.05, 4.69) is 10.6 Å². The van der Waals surface area contributed by atoms with Crippen molar-refractivity contribution in [3.63, 3.8) is 0 Å². The Kier molecular flexibility index (Phi) is 7.90. The summed E-state index contributed by atoms with van der Waals surface area (Å²) >= 11 is 0. The SMILES string of the molecule is C[C@H](NC(=O)OC(C)(C)C)C(=O)Nc1cccc(C(=O)OCC(=O)c2ccccc2)c1. The number of esters is 1. The number of nitrogens with one attached hydrogen (secondary N) is 2. The van der Waals surface area contributed by atoms with Gasteiger partial charge in [-0.05, 0) is 45.9 Å². The lowest BCUT2D eigenvalue weighted by Gasteiger charge is -2.21. The summed E-state index contributed by atoms with van der Waals surface area (Å²) in [5, 5.41) is 5.05. The van der Waals surface area contributed by atoms with Crippen molar-refractivity contribution >= 4 is 29.4 Å². The van der Waals surface area contributed by atoms with Crippen molar-refractivity contribution in [1.29, 1.82) is 0 Å². The Hall–Kier alpha value is -3.68. The van der Waals surface area contributed by atoms with E-state index in [1.165, 1.54) is 19.1 Å². The summed E-state index contributed by atoms with van der Waals surface area (Å²) in [6, 6.07) is 13.7. The van der Waals surface area contributed by atoms with Crippen LogP contribution < -0.4 is 10.6 Å². The minimum absolute atomic E-state index is 0.173. The molecule has 8 nitrogen and oxygen atoms in total. The zero-order chi connectivity index (χ0) is 23.0. The van der Waals surface area contributed by atoms with Crippen LogP contribution in [0.3, 0.4) is 0 Å². The van der Waals surface area contributed by atoms with Gasteiger partial charge in [-0.25, -0.2) is 9.59 Å². The molecule has 0 heterocycles. The van der Waals surface area contributed by atoms with E-state index >= 15 is 0 Å². The fraction of sp³-hybridized carbons (Fsp3) is 0.304. The van der Waals surface area contributed by atoms with E-state index in [9.17, 15) is 19.2 Å². The highest BCUT2D eigenvalue weighted by molar-refractivity contribution is 6.00. The second kappa shape index (κ2) is 10.4. The molecule has 0 saturated heterocycles. The van der Waals surface area contributed by atoms with Crippen LogP contribution in [0.15, 0.2) is 54.6 Å². The smallest absolute Gasteiger partial charge is 0.408 e. The van der Waals surface area contributed by atoms with Gasteiger partial charge in [-0.3, -0.25) is 9.59 Å². The van der Waals surface area contributed by atoms with Gasteiger partial charge in [0.05, 0.1) is 5.56 Å². The molecular weight excluding hydrogens is 400 g/mol. The van der Waals surface area contributed by atoms with E-state index < -0.39 is 36.2 Å². The van der Waals surface area contributed by atoms with E-state index in [0.29, 0.717) is 11.3 Å². The minimum atomic E-state index is -0.867. The molecule has 164 valence electrons. The second-order valence-electron chi connectivity index (χ2n) is 7.80. The van der Waals surface area contributed by atoms with Crippen molar-refractivity contribution in [2.24, 2.45) is 0 Å². The lowest BCUT2D eigenvalue weighted by atomic mass is 10.1. The van der Waals surface area contributed by atoms with E-state index in [0.717, 1.165) is 0 Å². The molecule has 31 heavy (non-hydrogen) atoms. The number of hydrogen-bond donors (Lipinski definition) is 2. The largest absolute Gasteiger partial charge is 0.454 e. The number of carbonyl (C=O) groups excluding carboxylic acids is 4. The summed E-state index contributed by atoms with van der Waals surface area (Å²) < 4.78 is 10.2. The number of amides is 2. The predicted molar refractivity (Wildman–Crippen MR) is 115 cm³/mol. The molecule has 0 radical (unpaired) electrons. The Morgan fingerprint density at radius 1 is 0.935 bits per heavy atom. The van der Waals surface area contributed by atoms with Crippen molar-refractivity contribution in [2.75, 3.05) is 11.9 Å². The average Bonchev–Trinajstić information content (AvgIpc) is 2.71. The van der Waals surface area contributed by atoms with Crippen LogP contribution in [0.2, 0.25) is 0 Å². The fourth-order valence-corrected chi connectivity index (χ4v) is 2.45. The molecule has 0 fully saturated rings. The normalized spacial score (nSPS) is 11.7.